The van der Waals surface area contributed by atoms with Crippen LogP contribution in [0.4, 0.5) is 0 Å². The Balaban J connectivity index is 2.20. The lowest BCUT2D eigenvalue weighted by Crippen LogP contribution is -2.53. The molecule has 1 heterocycles. The third-order valence-corrected chi connectivity index (χ3v) is 3.98. The number of carbonyl (C=O) groups excluding carboxylic acids is 2. The van der Waals surface area contributed by atoms with Crippen LogP contribution in [0.5, 0.6) is 0 Å². The molecule has 0 unspecified atom stereocenters. The third kappa shape index (κ3) is 3.64. The molecule has 1 aliphatic rings. The van der Waals surface area contributed by atoms with Gasteiger partial charge in [-0.2, -0.15) is 0 Å². The number of benzene rings is 1. The molecule has 0 aliphatic carbocycles. The zero-order chi connectivity index (χ0) is 16.1. The molecule has 1 fully saturated rings. The van der Waals surface area contributed by atoms with Crippen LogP contribution in [-0.2, 0) is 14.3 Å². The molecule has 0 aromatic heterocycles. The molecule has 6 heteroatoms. The molecule has 1 aromatic carbocycles. The van der Waals surface area contributed by atoms with Gasteiger partial charge in [-0.25, -0.2) is 0 Å². The molecule has 2 atom stereocenters. The second kappa shape index (κ2) is 7.38. The molecule has 2 rings (SSSR count). The number of hydrogen-bond donors (Lipinski definition) is 1. The van der Waals surface area contributed by atoms with E-state index in [-0.39, 0.29) is 18.5 Å². The van der Waals surface area contributed by atoms with Gasteiger partial charge in [0.1, 0.15) is 6.04 Å². The highest BCUT2D eigenvalue weighted by atomic mass is 16.5. The van der Waals surface area contributed by atoms with Crippen molar-refractivity contribution in [1.82, 2.24) is 9.80 Å². The number of amides is 2. The van der Waals surface area contributed by atoms with Gasteiger partial charge < -0.3 is 15.4 Å². The summed E-state index contributed by atoms with van der Waals surface area (Å²) >= 11 is 0. The van der Waals surface area contributed by atoms with E-state index in [4.69, 9.17) is 10.5 Å². The molecular weight excluding hydrogens is 282 g/mol. The summed E-state index contributed by atoms with van der Waals surface area (Å²) in [6, 6.07) is 9.30. The maximum absolute atomic E-state index is 12.9. The fourth-order valence-electron chi connectivity index (χ4n) is 2.60. The molecule has 6 nitrogen and oxygen atoms in total. The summed E-state index contributed by atoms with van der Waals surface area (Å²) in [5.74, 6) is -0.553. The van der Waals surface area contributed by atoms with Crippen molar-refractivity contribution in [3.63, 3.8) is 0 Å². The molecule has 0 spiro atoms. The Labute approximate surface area is 130 Å². The van der Waals surface area contributed by atoms with E-state index < -0.39 is 12.0 Å². The van der Waals surface area contributed by atoms with Gasteiger partial charge in [-0.15, -0.1) is 0 Å². The summed E-state index contributed by atoms with van der Waals surface area (Å²) in [6.07, 6.45) is -0.721. The monoisotopic (exact) mass is 305 g/mol. The van der Waals surface area contributed by atoms with Crippen LogP contribution in [0.1, 0.15) is 18.5 Å². The van der Waals surface area contributed by atoms with Crippen molar-refractivity contribution < 1.29 is 14.3 Å². The molecule has 120 valence electrons. The minimum absolute atomic E-state index is 0.0231. The topological polar surface area (TPSA) is 75.9 Å². The SMILES string of the molecule is CCN(C)[C@H](C(=O)N1CCO[C@H](C(N)=O)C1)c1ccccc1. The van der Waals surface area contributed by atoms with Crippen molar-refractivity contribution in [2.75, 3.05) is 33.3 Å². The Bertz CT molecular complexity index is 521. The summed E-state index contributed by atoms with van der Waals surface area (Å²) in [5, 5.41) is 0. The van der Waals surface area contributed by atoms with Crippen LogP contribution >= 0.6 is 0 Å². The zero-order valence-corrected chi connectivity index (χ0v) is 13.1. The van der Waals surface area contributed by atoms with Gasteiger partial charge in [0.05, 0.1) is 13.2 Å². The average Bonchev–Trinajstić information content (AvgIpc) is 2.55. The Morgan fingerprint density at radius 2 is 2.09 bits per heavy atom. The predicted molar refractivity (Wildman–Crippen MR) is 83.0 cm³/mol. The van der Waals surface area contributed by atoms with E-state index in [1.54, 1.807) is 4.90 Å². The van der Waals surface area contributed by atoms with Crippen LogP contribution in [0.3, 0.4) is 0 Å². The maximum Gasteiger partial charge on any atom is 0.248 e. The Kier molecular flexibility index (Phi) is 5.51. The number of primary amides is 1. The molecule has 22 heavy (non-hydrogen) atoms. The summed E-state index contributed by atoms with van der Waals surface area (Å²) in [4.78, 5) is 27.9. The number of nitrogens with two attached hydrogens (primary N) is 1. The molecule has 0 bridgehead atoms. The van der Waals surface area contributed by atoms with E-state index in [1.165, 1.54) is 0 Å². The van der Waals surface area contributed by atoms with E-state index in [2.05, 4.69) is 0 Å². The second-order valence-corrected chi connectivity index (χ2v) is 5.43. The van der Waals surface area contributed by atoms with Gasteiger partial charge in [-0.05, 0) is 19.2 Å². The first-order valence-corrected chi connectivity index (χ1v) is 7.49. The number of nitrogens with zero attached hydrogens (tertiary/aromatic N) is 2. The number of morpholine rings is 1. The van der Waals surface area contributed by atoms with Gasteiger partial charge in [0, 0.05) is 6.54 Å². The Morgan fingerprint density at radius 1 is 1.41 bits per heavy atom. The highest BCUT2D eigenvalue weighted by molar-refractivity contribution is 5.85. The van der Waals surface area contributed by atoms with Crippen molar-refractivity contribution >= 4 is 11.8 Å². The van der Waals surface area contributed by atoms with Crippen molar-refractivity contribution in [3.05, 3.63) is 35.9 Å². The standard InChI is InChI=1S/C16H23N3O3/c1-3-18(2)14(12-7-5-4-6-8-12)16(21)19-9-10-22-13(11-19)15(17)20/h4-8,13-14H,3,9-11H2,1-2H3,(H2,17,20)/t13-,14-/m0/s1. The quantitative estimate of drug-likeness (QED) is 0.854. The first kappa shape index (κ1) is 16.5. The van der Waals surface area contributed by atoms with Gasteiger partial charge in [-0.3, -0.25) is 14.5 Å². The molecule has 0 saturated carbocycles. The predicted octanol–water partition coefficient (Wildman–Crippen LogP) is 0.392. The molecule has 1 saturated heterocycles. The van der Waals surface area contributed by atoms with Crippen LogP contribution in [0.15, 0.2) is 30.3 Å². The van der Waals surface area contributed by atoms with Crippen LogP contribution in [0.25, 0.3) is 0 Å². The Morgan fingerprint density at radius 3 is 2.68 bits per heavy atom. The molecular formula is C16H23N3O3. The minimum Gasteiger partial charge on any atom is -0.367 e. The van der Waals surface area contributed by atoms with Crippen LogP contribution in [0, 0.1) is 0 Å². The van der Waals surface area contributed by atoms with Crippen molar-refractivity contribution in [3.8, 4) is 0 Å². The van der Waals surface area contributed by atoms with Crippen molar-refractivity contribution in [1.29, 1.82) is 0 Å². The fraction of sp³-hybridized carbons (Fsp3) is 0.500. The number of carbonyl (C=O) groups is 2. The first-order valence-electron chi connectivity index (χ1n) is 7.49. The second-order valence-electron chi connectivity index (χ2n) is 5.43. The molecule has 2 amide bonds. The smallest absolute Gasteiger partial charge is 0.248 e. The molecule has 1 aliphatic heterocycles. The van der Waals surface area contributed by atoms with E-state index in [0.29, 0.717) is 13.2 Å². The highest BCUT2D eigenvalue weighted by Crippen LogP contribution is 2.23. The number of ether oxygens (including phenoxy) is 1. The van der Waals surface area contributed by atoms with Gasteiger partial charge in [0.2, 0.25) is 11.8 Å². The minimum atomic E-state index is -0.721. The summed E-state index contributed by atoms with van der Waals surface area (Å²) in [6.45, 7) is 3.78. The summed E-state index contributed by atoms with van der Waals surface area (Å²) < 4.78 is 5.31. The maximum atomic E-state index is 12.9. The van der Waals surface area contributed by atoms with Crippen LogP contribution < -0.4 is 5.73 Å². The molecule has 0 radical (unpaired) electrons. The van der Waals surface area contributed by atoms with E-state index in [0.717, 1.165) is 12.1 Å². The number of rotatable bonds is 5. The molecule has 1 aromatic rings. The number of hydrogen-bond acceptors (Lipinski definition) is 4. The van der Waals surface area contributed by atoms with E-state index >= 15 is 0 Å². The van der Waals surface area contributed by atoms with Crippen LogP contribution in [0.2, 0.25) is 0 Å². The highest BCUT2D eigenvalue weighted by Gasteiger charge is 2.33. The van der Waals surface area contributed by atoms with E-state index in [9.17, 15) is 9.59 Å². The van der Waals surface area contributed by atoms with Gasteiger partial charge in [0.25, 0.3) is 0 Å². The summed E-state index contributed by atoms with van der Waals surface area (Å²) in [7, 11) is 1.92. The summed E-state index contributed by atoms with van der Waals surface area (Å²) in [5.41, 5.74) is 6.23. The van der Waals surface area contributed by atoms with Crippen molar-refractivity contribution in [2.24, 2.45) is 5.73 Å². The van der Waals surface area contributed by atoms with Gasteiger partial charge in [0.15, 0.2) is 6.10 Å². The largest absolute Gasteiger partial charge is 0.367 e. The number of likely N-dealkylation sites (N-methyl/N-ethyl adjacent to an activating group) is 1. The first-order chi connectivity index (χ1) is 10.5. The fourth-order valence-corrected chi connectivity index (χ4v) is 2.60. The zero-order valence-electron chi connectivity index (χ0n) is 13.1. The lowest BCUT2D eigenvalue weighted by Gasteiger charge is -2.36. The van der Waals surface area contributed by atoms with E-state index in [1.807, 2.05) is 49.2 Å². The lowest BCUT2D eigenvalue weighted by molar-refractivity contribution is -0.149. The van der Waals surface area contributed by atoms with Gasteiger partial charge >= 0.3 is 0 Å². The normalized spacial score (nSPS) is 20.0. The van der Waals surface area contributed by atoms with Crippen molar-refractivity contribution in [2.45, 2.75) is 19.1 Å². The average molecular weight is 305 g/mol. The molecule has 2 N–H and O–H groups in total. The van der Waals surface area contributed by atoms with Gasteiger partial charge in [-0.1, -0.05) is 37.3 Å². The lowest BCUT2D eigenvalue weighted by atomic mass is 10.0. The third-order valence-electron chi connectivity index (χ3n) is 3.98. The Hall–Kier alpha value is -1.92. The van der Waals surface area contributed by atoms with Crippen LogP contribution in [-0.4, -0.2) is 61.0 Å².